The summed E-state index contributed by atoms with van der Waals surface area (Å²) in [4.78, 5) is 23.4. The van der Waals surface area contributed by atoms with Gasteiger partial charge in [-0.05, 0) is 38.5 Å². The van der Waals surface area contributed by atoms with Gasteiger partial charge in [0.25, 0.3) is 5.91 Å². The molecule has 0 radical (unpaired) electrons. The van der Waals surface area contributed by atoms with E-state index < -0.39 is 5.97 Å². The van der Waals surface area contributed by atoms with Gasteiger partial charge in [-0.25, -0.2) is 4.79 Å². The maximum absolute atomic E-state index is 12.3. The van der Waals surface area contributed by atoms with Crippen LogP contribution in [0.1, 0.15) is 73.1 Å². The number of hydrogen-bond acceptors (Lipinski definition) is 3. The minimum atomic E-state index is -1.06. The number of amides is 1. The van der Waals surface area contributed by atoms with Crippen LogP contribution < -0.4 is 5.32 Å². The first-order valence-electron chi connectivity index (χ1n) is 7.53. The Morgan fingerprint density at radius 2 is 2.05 bits per heavy atom. The molecule has 116 valence electrons. The van der Waals surface area contributed by atoms with E-state index in [-0.39, 0.29) is 22.8 Å². The number of aromatic carboxylic acids is 1. The van der Waals surface area contributed by atoms with Crippen molar-refractivity contribution in [1.82, 2.24) is 5.32 Å². The van der Waals surface area contributed by atoms with Crippen molar-refractivity contribution in [2.75, 3.05) is 0 Å². The summed E-state index contributed by atoms with van der Waals surface area (Å²) in [5.74, 6) is -0.260. The Balaban J connectivity index is 2.12. The summed E-state index contributed by atoms with van der Waals surface area (Å²) in [7, 11) is 0. The van der Waals surface area contributed by atoms with Gasteiger partial charge in [-0.3, -0.25) is 4.79 Å². The van der Waals surface area contributed by atoms with Gasteiger partial charge in [-0.2, -0.15) is 0 Å². The molecule has 5 heteroatoms. The minimum absolute atomic E-state index is 0.0741. The molecule has 0 unspecified atom stereocenters. The fourth-order valence-corrected chi connectivity index (χ4v) is 2.84. The highest BCUT2D eigenvalue weighted by molar-refractivity contribution is 5.96. The lowest BCUT2D eigenvalue weighted by molar-refractivity contribution is 0.0693. The Morgan fingerprint density at radius 3 is 2.52 bits per heavy atom. The highest BCUT2D eigenvalue weighted by Gasteiger charge is 2.32. The molecular weight excluding hydrogens is 270 g/mol. The molecule has 1 aliphatic carbocycles. The van der Waals surface area contributed by atoms with Crippen LogP contribution in [0.3, 0.4) is 0 Å². The third-order valence-electron chi connectivity index (χ3n) is 4.38. The molecule has 2 N–H and O–H groups in total. The van der Waals surface area contributed by atoms with Crippen molar-refractivity contribution in [2.24, 2.45) is 5.92 Å². The van der Waals surface area contributed by atoms with Crippen molar-refractivity contribution in [3.05, 3.63) is 23.2 Å². The first-order valence-corrected chi connectivity index (χ1v) is 7.53. The van der Waals surface area contributed by atoms with Gasteiger partial charge in [0.15, 0.2) is 5.76 Å². The summed E-state index contributed by atoms with van der Waals surface area (Å²) < 4.78 is 5.40. The normalized spacial score (nSPS) is 25.6. The molecular formula is C16H23NO4. The number of carboxylic acid groups (broad SMARTS) is 1. The van der Waals surface area contributed by atoms with Gasteiger partial charge in [-0.1, -0.05) is 13.8 Å². The number of carbonyl (C=O) groups is 2. The van der Waals surface area contributed by atoms with Crippen molar-refractivity contribution in [3.63, 3.8) is 0 Å². The van der Waals surface area contributed by atoms with Gasteiger partial charge >= 0.3 is 5.97 Å². The van der Waals surface area contributed by atoms with Crippen LogP contribution >= 0.6 is 0 Å². The van der Waals surface area contributed by atoms with Gasteiger partial charge < -0.3 is 14.8 Å². The Kier molecular flexibility index (Phi) is 4.40. The van der Waals surface area contributed by atoms with E-state index in [0.29, 0.717) is 18.1 Å². The zero-order valence-electron chi connectivity index (χ0n) is 12.9. The lowest BCUT2D eigenvalue weighted by atomic mass is 9.78. The molecule has 0 saturated heterocycles. The van der Waals surface area contributed by atoms with Crippen molar-refractivity contribution < 1.29 is 19.1 Å². The molecule has 1 heterocycles. The molecule has 21 heavy (non-hydrogen) atoms. The lowest BCUT2D eigenvalue weighted by Crippen LogP contribution is -2.48. The van der Waals surface area contributed by atoms with Crippen LogP contribution in [0.2, 0.25) is 0 Å². The Labute approximate surface area is 124 Å². The summed E-state index contributed by atoms with van der Waals surface area (Å²) in [6.45, 7) is 6.07. The zero-order chi connectivity index (χ0) is 15.6. The van der Waals surface area contributed by atoms with Gasteiger partial charge in [0.2, 0.25) is 0 Å². The van der Waals surface area contributed by atoms with Crippen LogP contribution in [-0.4, -0.2) is 22.5 Å². The standard InChI is InChI=1S/C16H23NO4/c1-4-12-11(15(19)20)9-13(21-12)14(18)17-16(3)7-5-10(2)6-8-16/h9-10H,4-8H2,1-3H3,(H,17,18)(H,19,20). The first kappa shape index (κ1) is 15.6. The topological polar surface area (TPSA) is 79.5 Å². The number of furan rings is 1. The monoisotopic (exact) mass is 293 g/mol. The molecule has 2 rings (SSSR count). The molecule has 1 saturated carbocycles. The number of rotatable bonds is 4. The third kappa shape index (κ3) is 3.46. The van der Waals surface area contributed by atoms with Crippen LogP contribution in [0.5, 0.6) is 0 Å². The van der Waals surface area contributed by atoms with E-state index in [9.17, 15) is 9.59 Å². The molecule has 1 amide bonds. The van der Waals surface area contributed by atoms with Crippen LogP contribution in [0.15, 0.2) is 10.5 Å². The van der Waals surface area contributed by atoms with Crippen molar-refractivity contribution >= 4 is 11.9 Å². The summed E-state index contributed by atoms with van der Waals surface area (Å²) in [5, 5.41) is 12.1. The number of carboxylic acids is 1. The maximum Gasteiger partial charge on any atom is 0.339 e. The quantitative estimate of drug-likeness (QED) is 0.893. The van der Waals surface area contributed by atoms with Gasteiger partial charge in [0, 0.05) is 18.0 Å². The fourth-order valence-electron chi connectivity index (χ4n) is 2.84. The Morgan fingerprint density at radius 1 is 1.43 bits per heavy atom. The Bertz CT molecular complexity index is 538. The largest absolute Gasteiger partial charge is 0.478 e. The van der Waals surface area contributed by atoms with E-state index in [1.54, 1.807) is 6.92 Å². The van der Waals surface area contributed by atoms with Crippen LogP contribution in [-0.2, 0) is 6.42 Å². The van der Waals surface area contributed by atoms with Crippen molar-refractivity contribution in [1.29, 1.82) is 0 Å². The molecule has 0 aliphatic heterocycles. The van der Waals surface area contributed by atoms with E-state index >= 15 is 0 Å². The lowest BCUT2D eigenvalue weighted by Gasteiger charge is -2.36. The van der Waals surface area contributed by atoms with Crippen molar-refractivity contribution in [2.45, 2.75) is 58.4 Å². The number of nitrogens with one attached hydrogen (secondary N) is 1. The third-order valence-corrected chi connectivity index (χ3v) is 4.38. The highest BCUT2D eigenvalue weighted by atomic mass is 16.4. The summed E-state index contributed by atoms with van der Waals surface area (Å²) in [5.41, 5.74) is -0.156. The predicted octanol–water partition coefficient (Wildman–Crippen LogP) is 3.24. The fraction of sp³-hybridized carbons (Fsp3) is 0.625. The molecule has 0 spiro atoms. The molecule has 1 aromatic rings. The minimum Gasteiger partial charge on any atom is -0.478 e. The summed E-state index contributed by atoms with van der Waals surface area (Å²) >= 11 is 0. The first-order chi connectivity index (χ1) is 9.84. The molecule has 1 aromatic heterocycles. The van der Waals surface area contributed by atoms with E-state index in [2.05, 4.69) is 12.2 Å². The number of hydrogen-bond donors (Lipinski definition) is 2. The molecule has 0 atom stereocenters. The average Bonchev–Trinajstić information content (AvgIpc) is 2.87. The smallest absolute Gasteiger partial charge is 0.339 e. The molecule has 1 aliphatic rings. The number of aryl methyl sites for hydroxylation is 1. The summed E-state index contributed by atoms with van der Waals surface area (Å²) in [6, 6.07) is 1.32. The van der Waals surface area contributed by atoms with Crippen molar-refractivity contribution in [3.8, 4) is 0 Å². The summed E-state index contributed by atoms with van der Waals surface area (Å²) in [6.07, 6.45) is 4.51. The Hall–Kier alpha value is -1.78. The molecule has 0 aromatic carbocycles. The van der Waals surface area contributed by atoms with Crippen LogP contribution in [0.4, 0.5) is 0 Å². The molecule has 5 nitrogen and oxygen atoms in total. The van der Waals surface area contributed by atoms with Crippen LogP contribution in [0, 0.1) is 5.92 Å². The van der Waals surface area contributed by atoms with Gasteiger partial charge in [0.1, 0.15) is 11.3 Å². The maximum atomic E-state index is 12.3. The zero-order valence-corrected chi connectivity index (χ0v) is 12.9. The predicted molar refractivity (Wildman–Crippen MR) is 78.5 cm³/mol. The van der Waals surface area contributed by atoms with E-state index in [1.807, 2.05) is 6.92 Å². The molecule has 1 fully saturated rings. The van der Waals surface area contributed by atoms with E-state index in [0.717, 1.165) is 25.7 Å². The number of carbonyl (C=O) groups excluding carboxylic acids is 1. The van der Waals surface area contributed by atoms with E-state index in [1.165, 1.54) is 6.07 Å². The highest BCUT2D eigenvalue weighted by Crippen LogP contribution is 2.31. The molecule has 0 bridgehead atoms. The van der Waals surface area contributed by atoms with E-state index in [4.69, 9.17) is 9.52 Å². The second kappa shape index (κ2) is 5.92. The van der Waals surface area contributed by atoms with Crippen LogP contribution in [0.25, 0.3) is 0 Å². The van der Waals surface area contributed by atoms with Gasteiger partial charge in [-0.15, -0.1) is 0 Å². The SMILES string of the molecule is CCc1oc(C(=O)NC2(C)CCC(C)CC2)cc1C(=O)O. The second-order valence-corrected chi connectivity index (χ2v) is 6.30. The second-order valence-electron chi connectivity index (χ2n) is 6.30. The van der Waals surface area contributed by atoms with Gasteiger partial charge in [0.05, 0.1) is 0 Å². The average molecular weight is 293 g/mol.